The average Bonchev–Trinajstić information content (AvgIpc) is 3.62. The van der Waals surface area contributed by atoms with E-state index in [9.17, 15) is 0 Å². The van der Waals surface area contributed by atoms with Crippen molar-refractivity contribution in [1.82, 2.24) is 18.9 Å². The highest BCUT2D eigenvalue weighted by atomic mass is 15.1. The van der Waals surface area contributed by atoms with Crippen LogP contribution in [0.1, 0.15) is 0 Å². The van der Waals surface area contributed by atoms with Crippen LogP contribution in [-0.4, -0.2) is 18.9 Å². The summed E-state index contributed by atoms with van der Waals surface area (Å²) in [7, 11) is 0. The minimum absolute atomic E-state index is 0.904. The lowest BCUT2D eigenvalue weighted by Gasteiger charge is -2.13. The van der Waals surface area contributed by atoms with E-state index >= 15 is 0 Å². The number of hydrogen-bond acceptors (Lipinski definition) is 2. The third-order valence-electron chi connectivity index (χ3n) is 8.34. The molecule has 4 heterocycles. The maximum atomic E-state index is 5.38. The fourth-order valence-corrected chi connectivity index (χ4v) is 6.54. The van der Waals surface area contributed by atoms with Crippen molar-refractivity contribution in [3.05, 3.63) is 146 Å². The molecule has 0 saturated heterocycles. The van der Waals surface area contributed by atoms with Gasteiger partial charge in [0.25, 0.3) is 0 Å². The second-order valence-corrected chi connectivity index (χ2v) is 10.7. The third kappa shape index (κ3) is 3.23. The van der Waals surface area contributed by atoms with Gasteiger partial charge in [0.15, 0.2) is 0 Å². The predicted molar refractivity (Wildman–Crippen MR) is 173 cm³/mol. The first-order chi connectivity index (χ1) is 20.9. The molecule has 0 aliphatic carbocycles. The highest BCUT2D eigenvalue weighted by Gasteiger charge is 2.22. The van der Waals surface area contributed by atoms with Crippen molar-refractivity contribution in [2.45, 2.75) is 0 Å². The maximum absolute atomic E-state index is 5.38. The van der Waals surface area contributed by atoms with Crippen LogP contribution in [0.5, 0.6) is 0 Å². The summed E-state index contributed by atoms with van der Waals surface area (Å²) >= 11 is 0. The van der Waals surface area contributed by atoms with E-state index in [0.29, 0.717) is 0 Å². The Bertz CT molecular complexity index is 2440. The van der Waals surface area contributed by atoms with E-state index in [1.54, 1.807) is 0 Å². The summed E-state index contributed by atoms with van der Waals surface area (Å²) in [6.07, 6.45) is 1.86. The predicted octanol–water partition coefficient (Wildman–Crippen LogP) is 9.47. The molecule has 0 atom stereocenters. The van der Waals surface area contributed by atoms with Crippen LogP contribution >= 0.6 is 0 Å². The zero-order valence-corrected chi connectivity index (χ0v) is 22.6. The first-order valence-electron chi connectivity index (χ1n) is 14.2. The Labute approximate surface area is 241 Å². The standard InChI is InChI=1S/C38H24N4/c1-3-13-25(14-4-1)36-37-31-24-34-30(28-18-8-9-19-32(28)41(34)35-21-11-12-22-39-35)23-29(31)27-17-7-10-20-33(27)42(37)38(40-36)26-15-5-2-6-16-26/h1-24H. The number of benzene rings is 5. The van der Waals surface area contributed by atoms with Crippen molar-refractivity contribution >= 4 is 49.0 Å². The zero-order valence-electron chi connectivity index (χ0n) is 22.6. The summed E-state index contributed by atoms with van der Waals surface area (Å²) in [6, 6.07) is 49.2. The van der Waals surface area contributed by atoms with Gasteiger partial charge in [-0.3, -0.25) is 8.97 Å². The number of hydrogen-bond donors (Lipinski definition) is 0. The van der Waals surface area contributed by atoms with Gasteiger partial charge in [-0.05, 0) is 41.8 Å². The molecule has 0 saturated carbocycles. The maximum Gasteiger partial charge on any atom is 0.145 e. The molecule has 0 amide bonds. The second kappa shape index (κ2) is 8.88. The van der Waals surface area contributed by atoms with E-state index in [1.165, 1.54) is 21.5 Å². The van der Waals surface area contributed by atoms with Gasteiger partial charge in [0, 0.05) is 38.9 Å². The Morgan fingerprint density at radius 3 is 1.83 bits per heavy atom. The minimum Gasteiger partial charge on any atom is -0.294 e. The topological polar surface area (TPSA) is 35.1 Å². The number of rotatable bonds is 3. The SMILES string of the molecule is c1ccc(-c2nc(-c3ccccc3)n3c4ccccc4c4cc5c6ccccc6n(-c6ccccn6)c5cc4c23)cc1. The van der Waals surface area contributed by atoms with Crippen molar-refractivity contribution < 1.29 is 0 Å². The van der Waals surface area contributed by atoms with Crippen LogP contribution in [0.2, 0.25) is 0 Å². The van der Waals surface area contributed by atoms with Crippen LogP contribution in [0, 0.1) is 0 Å². The number of pyridine rings is 2. The molecule has 0 unspecified atom stereocenters. The van der Waals surface area contributed by atoms with Gasteiger partial charge in [-0.1, -0.05) is 103 Å². The molecule has 0 radical (unpaired) electrons. The van der Waals surface area contributed by atoms with E-state index in [0.717, 1.165) is 55.9 Å². The van der Waals surface area contributed by atoms with Crippen molar-refractivity contribution in [3.63, 3.8) is 0 Å². The van der Waals surface area contributed by atoms with Crippen LogP contribution in [0.3, 0.4) is 0 Å². The number of fused-ring (bicyclic) bond motifs is 9. The summed E-state index contributed by atoms with van der Waals surface area (Å²) < 4.78 is 4.64. The van der Waals surface area contributed by atoms with Gasteiger partial charge in [0.05, 0.1) is 27.8 Å². The molecule has 0 fully saturated rings. The lowest BCUT2D eigenvalue weighted by atomic mass is 9.99. The zero-order chi connectivity index (χ0) is 27.6. The summed E-state index contributed by atoms with van der Waals surface area (Å²) in [5.41, 5.74) is 7.67. The van der Waals surface area contributed by atoms with E-state index in [4.69, 9.17) is 9.97 Å². The fraction of sp³-hybridized carbons (Fsp3) is 0. The van der Waals surface area contributed by atoms with E-state index in [2.05, 4.69) is 136 Å². The lowest BCUT2D eigenvalue weighted by Crippen LogP contribution is -1.97. The molecule has 5 aromatic carbocycles. The number of imidazole rings is 1. The number of para-hydroxylation sites is 2. The molecule has 42 heavy (non-hydrogen) atoms. The summed E-state index contributed by atoms with van der Waals surface area (Å²) in [4.78, 5) is 10.1. The highest BCUT2D eigenvalue weighted by Crippen LogP contribution is 2.42. The Kier molecular flexibility index (Phi) is 4.87. The molecule has 4 heteroatoms. The van der Waals surface area contributed by atoms with Gasteiger partial charge < -0.3 is 0 Å². The first kappa shape index (κ1) is 23.0. The molecule has 196 valence electrons. The van der Waals surface area contributed by atoms with Crippen molar-refractivity contribution in [1.29, 1.82) is 0 Å². The highest BCUT2D eigenvalue weighted by molar-refractivity contribution is 6.22. The van der Waals surface area contributed by atoms with Gasteiger partial charge in [-0.25, -0.2) is 9.97 Å². The molecule has 4 aromatic heterocycles. The molecule has 4 nitrogen and oxygen atoms in total. The first-order valence-corrected chi connectivity index (χ1v) is 14.2. The fourth-order valence-electron chi connectivity index (χ4n) is 6.54. The molecular weight excluding hydrogens is 512 g/mol. The van der Waals surface area contributed by atoms with E-state index in [1.807, 2.05) is 18.3 Å². The Morgan fingerprint density at radius 2 is 1.10 bits per heavy atom. The van der Waals surface area contributed by atoms with Crippen LogP contribution in [0.15, 0.2) is 146 Å². The van der Waals surface area contributed by atoms with Crippen molar-refractivity contribution in [2.75, 3.05) is 0 Å². The number of aromatic nitrogens is 4. The average molecular weight is 537 g/mol. The smallest absolute Gasteiger partial charge is 0.145 e. The molecule has 0 N–H and O–H groups in total. The minimum atomic E-state index is 0.904. The van der Waals surface area contributed by atoms with Crippen LogP contribution in [0.25, 0.3) is 77.5 Å². The summed E-state index contributed by atoms with van der Waals surface area (Å²) in [5.74, 6) is 1.84. The Morgan fingerprint density at radius 1 is 0.452 bits per heavy atom. The molecule has 0 aliphatic rings. The Hall–Kier alpha value is -5.74. The van der Waals surface area contributed by atoms with Crippen LogP contribution in [-0.2, 0) is 0 Å². The molecule has 0 bridgehead atoms. The summed E-state index contributed by atoms with van der Waals surface area (Å²) in [6.45, 7) is 0. The van der Waals surface area contributed by atoms with Gasteiger partial charge in [-0.15, -0.1) is 0 Å². The van der Waals surface area contributed by atoms with E-state index < -0.39 is 0 Å². The molecule has 9 rings (SSSR count). The van der Waals surface area contributed by atoms with Crippen LogP contribution < -0.4 is 0 Å². The largest absolute Gasteiger partial charge is 0.294 e. The normalized spacial score (nSPS) is 11.8. The third-order valence-corrected chi connectivity index (χ3v) is 8.34. The molecule has 9 aromatic rings. The van der Waals surface area contributed by atoms with Crippen molar-refractivity contribution in [2.24, 2.45) is 0 Å². The van der Waals surface area contributed by atoms with Crippen molar-refractivity contribution in [3.8, 4) is 28.5 Å². The van der Waals surface area contributed by atoms with Gasteiger partial charge in [-0.2, -0.15) is 0 Å². The van der Waals surface area contributed by atoms with Gasteiger partial charge >= 0.3 is 0 Å². The van der Waals surface area contributed by atoms with Gasteiger partial charge in [0.1, 0.15) is 11.6 Å². The molecule has 0 spiro atoms. The van der Waals surface area contributed by atoms with E-state index in [-0.39, 0.29) is 0 Å². The monoisotopic (exact) mass is 536 g/mol. The second-order valence-electron chi connectivity index (χ2n) is 10.7. The Balaban J connectivity index is 1.55. The molecular formula is C38H24N4. The number of nitrogens with zero attached hydrogens (tertiary/aromatic N) is 4. The lowest BCUT2D eigenvalue weighted by molar-refractivity contribution is 1.08. The molecule has 0 aliphatic heterocycles. The van der Waals surface area contributed by atoms with Crippen LogP contribution in [0.4, 0.5) is 0 Å². The summed E-state index contributed by atoms with van der Waals surface area (Å²) in [5, 5.41) is 6.00. The quantitative estimate of drug-likeness (QED) is 0.211. The van der Waals surface area contributed by atoms with Gasteiger partial charge in [0.2, 0.25) is 0 Å².